The molecule has 0 aliphatic rings. The van der Waals surface area contributed by atoms with Crippen LogP contribution in [-0.4, -0.2) is 46.0 Å². The number of aliphatic imine (C=N–C) groups is 1. The number of nitrogens with one attached hydrogen (secondary N) is 2. The smallest absolute Gasteiger partial charge is 0.191 e. The van der Waals surface area contributed by atoms with Gasteiger partial charge in [-0.25, -0.2) is 8.42 Å². The molecule has 0 aliphatic carbocycles. The number of benzene rings is 1. The van der Waals surface area contributed by atoms with Crippen molar-refractivity contribution in [3.63, 3.8) is 0 Å². The van der Waals surface area contributed by atoms with Gasteiger partial charge in [-0.05, 0) is 25.3 Å². The van der Waals surface area contributed by atoms with Crippen LogP contribution in [0.15, 0.2) is 35.3 Å². The minimum absolute atomic E-state index is 0.113. The largest absolute Gasteiger partial charge is 0.357 e. The van der Waals surface area contributed by atoms with E-state index in [1.165, 1.54) is 11.8 Å². The van der Waals surface area contributed by atoms with Crippen LogP contribution in [0.25, 0.3) is 0 Å². The van der Waals surface area contributed by atoms with Crippen LogP contribution in [0.2, 0.25) is 0 Å². The van der Waals surface area contributed by atoms with Crippen molar-refractivity contribution in [2.24, 2.45) is 4.99 Å². The number of hydrogen-bond donors (Lipinski definition) is 2. The van der Waals surface area contributed by atoms with E-state index in [0.717, 1.165) is 19.4 Å². The van der Waals surface area contributed by atoms with Crippen molar-refractivity contribution in [1.29, 1.82) is 0 Å². The van der Waals surface area contributed by atoms with E-state index in [1.807, 2.05) is 25.1 Å². The van der Waals surface area contributed by atoms with Crippen molar-refractivity contribution in [2.45, 2.75) is 19.8 Å². The predicted octanol–water partition coefficient (Wildman–Crippen LogP) is 1.22. The Hall–Kier alpha value is -1.56. The molecule has 2 N–H and O–H groups in total. The summed E-state index contributed by atoms with van der Waals surface area (Å²) in [6.45, 7) is 3.83. The first kappa shape index (κ1) is 17.5. The molecular weight excluding hydrogens is 286 g/mol. The molecule has 118 valence electrons. The molecule has 1 rings (SSSR count). The fourth-order valence-corrected chi connectivity index (χ4v) is 2.29. The van der Waals surface area contributed by atoms with E-state index in [-0.39, 0.29) is 5.75 Å². The SMILES string of the molecule is CCNC(=NCCCc1ccccc1)NCCS(C)(=O)=O. The molecular formula is C15H25N3O2S. The second kappa shape index (κ2) is 9.39. The molecule has 0 saturated carbocycles. The van der Waals surface area contributed by atoms with E-state index in [4.69, 9.17) is 0 Å². The van der Waals surface area contributed by atoms with Gasteiger partial charge >= 0.3 is 0 Å². The highest BCUT2D eigenvalue weighted by atomic mass is 32.2. The van der Waals surface area contributed by atoms with Gasteiger partial charge in [0.05, 0.1) is 5.75 Å². The summed E-state index contributed by atoms with van der Waals surface area (Å²) < 4.78 is 22.2. The van der Waals surface area contributed by atoms with Crippen LogP contribution in [0.3, 0.4) is 0 Å². The molecule has 0 heterocycles. The lowest BCUT2D eigenvalue weighted by molar-refractivity contribution is 0.600. The molecule has 1 aromatic carbocycles. The number of sulfone groups is 1. The predicted molar refractivity (Wildman–Crippen MR) is 88.5 cm³/mol. The summed E-state index contributed by atoms with van der Waals surface area (Å²) in [6, 6.07) is 10.3. The minimum atomic E-state index is -2.94. The summed E-state index contributed by atoms with van der Waals surface area (Å²) >= 11 is 0. The first-order chi connectivity index (χ1) is 10.0. The standard InChI is InChI=1S/C15H25N3O2S/c1-3-16-15(18-12-13-21(2,19)20)17-11-7-10-14-8-5-4-6-9-14/h4-6,8-9H,3,7,10-13H2,1-2H3,(H2,16,17,18). The number of aryl methyl sites for hydroxylation is 1. The van der Waals surface area contributed by atoms with Crippen molar-refractivity contribution in [2.75, 3.05) is 31.6 Å². The Bertz CT molecular complexity index is 527. The van der Waals surface area contributed by atoms with Gasteiger partial charge in [0.25, 0.3) is 0 Å². The number of nitrogens with zero attached hydrogens (tertiary/aromatic N) is 1. The summed E-state index contributed by atoms with van der Waals surface area (Å²) in [4.78, 5) is 4.45. The van der Waals surface area contributed by atoms with E-state index in [9.17, 15) is 8.42 Å². The molecule has 21 heavy (non-hydrogen) atoms. The lowest BCUT2D eigenvalue weighted by atomic mass is 10.1. The lowest BCUT2D eigenvalue weighted by Crippen LogP contribution is -2.39. The van der Waals surface area contributed by atoms with Gasteiger partial charge in [-0.3, -0.25) is 4.99 Å². The Morgan fingerprint density at radius 1 is 1.19 bits per heavy atom. The summed E-state index contributed by atoms with van der Waals surface area (Å²) in [6.07, 6.45) is 3.19. The zero-order valence-corrected chi connectivity index (χ0v) is 13.6. The second-order valence-electron chi connectivity index (χ2n) is 4.91. The lowest BCUT2D eigenvalue weighted by Gasteiger charge is -2.10. The van der Waals surface area contributed by atoms with Crippen LogP contribution in [0.5, 0.6) is 0 Å². The number of guanidine groups is 1. The topological polar surface area (TPSA) is 70.6 Å². The van der Waals surface area contributed by atoms with E-state index in [1.54, 1.807) is 0 Å². The molecule has 0 aliphatic heterocycles. The molecule has 5 nitrogen and oxygen atoms in total. The molecule has 0 fully saturated rings. The summed E-state index contributed by atoms with van der Waals surface area (Å²) in [5.74, 6) is 0.788. The summed E-state index contributed by atoms with van der Waals surface area (Å²) in [5.41, 5.74) is 1.31. The van der Waals surface area contributed by atoms with Crippen molar-refractivity contribution < 1.29 is 8.42 Å². The fraction of sp³-hybridized carbons (Fsp3) is 0.533. The van der Waals surface area contributed by atoms with Crippen LogP contribution in [0.4, 0.5) is 0 Å². The van der Waals surface area contributed by atoms with Crippen molar-refractivity contribution in [1.82, 2.24) is 10.6 Å². The van der Waals surface area contributed by atoms with Gasteiger partial charge < -0.3 is 10.6 Å². The van der Waals surface area contributed by atoms with Gasteiger partial charge in [-0.2, -0.15) is 0 Å². The Morgan fingerprint density at radius 3 is 2.52 bits per heavy atom. The normalized spacial score (nSPS) is 12.2. The summed E-state index contributed by atoms with van der Waals surface area (Å²) in [7, 11) is -2.94. The zero-order chi connectivity index (χ0) is 15.6. The molecule has 0 radical (unpaired) electrons. The van der Waals surface area contributed by atoms with Crippen molar-refractivity contribution in [3.05, 3.63) is 35.9 Å². The first-order valence-electron chi connectivity index (χ1n) is 7.25. The highest BCUT2D eigenvalue weighted by molar-refractivity contribution is 7.90. The quantitative estimate of drug-likeness (QED) is 0.430. The third kappa shape index (κ3) is 9.07. The van der Waals surface area contributed by atoms with Crippen molar-refractivity contribution in [3.8, 4) is 0 Å². The van der Waals surface area contributed by atoms with Gasteiger partial charge in [-0.1, -0.05) is 30.3 Å². The molecule has 6 heteroatoms. The second-order valence-corrected chi connectivity index (χ2v) is 7.17. The zero-order valence-electron chi connectivity index (χ0n) is 12.8. The molecule has 1 aromatic rings. The maximum absolute atomic E-state index is 11.1. The Kier molecular flexibility index (Phi) is 7.82. The summed E-state index contributed by atoms with van der Waals surface area (Å²) in [5, 5.41) is 6.15. The molecule has 0 aromatic heterocycles. The molecule has 0 atom stereocenters. The molecule has 0 amide bonds. The third-order valence-electron chi connectivity index (χ3n) is 2.85. The number of hydrogen-bond acceptors (Lipinski definition) is 3. The average molecular weight is 311 g/mol. The molecule has 0 unspecified atom stereocenters. The van der Waals surface area contributed by atoms with Crippen LogP contribution >= 0.6 is 0 Å². The molecule has 0 spiro atoms. The van der Waals surface area contributed by atoms with Gasteiger partial charge in [0.1, 0.15) is 9.84 Å². The minimum Gasteiger partial charge on any atom is -0.357 e. The van der Waals surface area contributed by atoms with E-state index in [2.05, 4.69) is 27.8 Å². The third-order valence-corrected chi connectivity index (χ3v) is 3.79. The first-order valence-corrected chi connectivity index (χ1v) is 9.31. The Labute approximate surface area is 127 Å². The van der Waals surface area contributed by atoms with Gasteiger partial charge in [0.2, 0.25) is 0 Å². The van der Waals surface area contributed by atoms with Gasteiger partial charge in [-0.15, -0.1) is 0 Å². The van der Waals surface area contributed by atoms with Gasteiger partial charge in [0, 0.05) is 25.9 Å². The van der Waals surface area contributed by atoms with E-state index >= 15 is 0 Å². The van der Waals surface area contributed by atoms with Crippen LogP contribution in [0, 0.1) is 0 Å². The molecule has 0 bridgehead atoms. The Balaban J connectivity index is 2.34. The Morgan fingerprint density at radius 2 is 1.90 bits per heavy atom. The highest BCUT2D eigenvalue weighted by Gasteiger charge is 2.02. The van der Waals surface area contributed by atoms with E-state index < -0.39 is 9.84 Å². The highest BCUT2D eigenvalue weighted by Crippen LogP contribution is 2.02. The van der Waals surface area contributed by atoms with Crippen LogP contribution in [-0.2, 0) is 16.3 Å². The fourth-order valence-electron chi connectivity index (χ4n) is 1.82. The van der Waals surface area contributed by atoms with Crippen molar-refractivity contribution >= 4 is 15.8 Å². The number of rotatable bonds is 8. The monoisotopic (exact) mass is 311 g/mol. The van der Waals surface area contributed by atoms with Crippen LogP contribution in [0.1, 0.15) is 18.9 Å². The van der Waals surface area contributed by atoms with Crippen LogP contribution < -0.4 is 10.6 Å². The maximum atomic E-state index is 11.1. The molecule has 0 saturated heterocycles. The van der Waals surface area contributed by atoms with Gasteiger partial charge in [0.15, 0.2) is 5.96 Å². The average Bonchev–Trinajstić information content (AvgIpc) is 2.43. The van der Waals surface area contributed by atoms with E-state index in [0.29, 0.717) is 19.0 Å². The maximum Gasteiger partial charge on any atom is 0.191 e.